The lowest BCUT2D eigenvalue weighted by Crippen LogP contribution is -2.08. The lowest BCUT2D eigenvalue weighted by Gasteiger charge is -2.05. The Morgan fingerprint density at radius 1 is 1.39 bits per heavy atom. The molecule has 0 bridgehead atoms. The molecule has 1 aromatic heterocycles. The number of hydrogen-bond donors (Lipinski definition) is 2. The van der Waals surface area contributed by atoms with Crippen LogP contribution >= 0.6 is 0 Å². The predicted molar refractivity (Wildman–Crippen MR) is 64.2 cm³/mol. The van der Waals surface area contributed by atoms with Crippen molar-refractivity contribution in [3.05, 3.63) is 35.4 Å². The van der Waals surface area contributed by atoms with E-state index < -0.39 is 5.97 Å². The number of nitrogens with one attached hydrogen (secondary N) is 1. The number of hydrogen-bond acceptors (Lipinski definition) is 5. The highest BCUT2D eigenvalue weighted by Gasteiger charge is 2.04. The van der Waals surface area contributed by atoms with Crippen LogP contribution in [0.3, 0.4) is 0 Å². The molecular weight excluding hydrogens is 234 g/mol. The number of aromatic carboxylic acids is 1. The molecular formula is C11H13N5O2. The van der Waals surface area contributed by atoms with Crippen LogP contribution in [0.15, 0.2) is 24.3 Å². The molecule has 0 aliphatic rings. The van der Waals surface area contributed by atoms with Crippen LogP contribution in [0.25, 0.3) is 0 Å². The summed E-state index contributed by atoms with van der Waals surface area (Å²) in [6.07, 6.45) is 0. The molecule has 0 amide bonds. The van der Waals surface area contributed by atoms with E-state index in [0.717, 1.165) is 5.56 Å². The summed E-state index contributed by atoms with van der Waals surface area (Å²) in [4.78, 5) is 10.7. The molecule has 18 heavy (non-hydrogen) atoms. The SMILES string of the molecule is CCn1nnnc1NCc1ccc(C(=O)O)cc1. The van der Waals surface area contributed by atoms with Gasteiger partial charge in [0.05, 0.1) is 5.56 Å². The van der Waals surface area contributed by atoms with Crippen molar-refractivity contribution in [2.75, 3.05) is 5.32 Å². The Balaban J connectivity index is 2.00. The van der Waals surface area contributed by atoms with Crippen LogP contribution in [0.4, 0.5) is 5.95 Å². The van der Waals surface area contributed by atoms with Gasteiger partial charge in [-0.15, -0.1) is 0 Å². The van der Waals surface area contributed by atoms with Crippen molar-refractivity contribution in [2.45, 2.75) is 20.0 Å². The fourth-order valence-electron chi connectivity index (χ4n) is 1.49. The van der Waals surface area contributed by atoms with Crippen molar-refractivity contribution in [3.8, 4) is 0 Å². The van der Waals surface area contributed by atoms with Gasteiger partial charge in [0.25, 0.3) is 0 Å². The molecule has 0 unspecified atom stereocenters. The van der Waals surface area contributed by atoms with Gasteiger partial charge < -0.3 is 10.4 Å². The molecule has 0 atom stereocenters. The molecule has 0 radical (unpaired) electrons. The monoisotopic (exact) mass is 247 g/mol. The minimum atomic E-state index is -0.926. The molecule has 2 rings (SSSR count). The van der Waals surface area contributed by atoms with E-state index in [4.69, 9.17) is 5.11 Å². The number of benzene rings is 1. The highest BCUT2D eigenvalue weighted by Crippen LogP contribution is 2.07. The van der Waals surface area contributed by atoms with Crippen molar-refractivity contribution >= 4 is 11.9 Å². The molecule has 0 aliphatic carbocycles. The van der Waals surface area contributed by atoms with Gasteiger partial charge in [-0.05, 0) is 35.0 Å². The van der Waals surface area contributed by atoms with Crippen molar-refractivity contribution < 1.29 is 9.90 Å². The molecule has 0 spiro atoms. The molecule has 0 saturated heterocycles. The highest BCUT2D eigenvalue weighted by molar-refractivity contribution is 5.87. The normalized spacial score (nSPS) is 10.3. The second kappa shape index (κ2) is 5.26. The summed E-state index contributed by atoms with van der Waals surface area (Å²) in [6.45, 7) is 3.18. The van der Waals surface area contributed by atoms with E-state index in [1.54, 1.807) is 28.9 Å². The van der Waals surface area contributed by atoms with Gasteiger partial charge in [-0.2, -0.15) is 0 Å². The molecule has 7 heteroatoms. The van der Waals surface area contributed by atoms with Gasteiger partial charge in [-0.25, -0.2) is 9.48 Å². The van der Waals surface area contributed by atoms with E-state index >= 15 is 0 Å². The van der Waals surface area contributed by atoms with Crippen molar-refractivity contribution in [1.29, 1.82) is 0 Å². The quantitative estimate of drug-likeness (QED) is 0.818. The first-order chi connectivity index (χ1) is 8.70. The van der Waals surface area contributed by atoms with E-state index in [1.165, 1.54) is 0 Å². The number of aromatic nitrogens is 4. The van der Waals surface area contributed by atoms with Crippen LogP contribution in [-0.4, -0.2) is 31.3 Å². The number of carboxylic acids is 1. The number of carboxylic acid groups (broad SMARTS) is 1. The largest absolute Gasteiger partial charge is 0.478 e. The zero-order valence-corrected chi connectivity index (χ0v) is 9.87. The Labute approximate surface area is 103 Å². The average molecular weight is 247 g/mol. The number of tetrazole rings is 1. The summed E-state index contributed by atoms with van der Waals surface area (Å²) < 4.78 is 1.64. The van der Waals surface area contributed by atoms with E-state index in [-0.39, 0.29) is 5.56 Å². The van der Waals surface area contributed by atoms with Crippen molar-refractivity contribution in [3.63, 3.8) is 0 Å². The minimum absolute atomic E-state index is 0.275. The van der Waals surface area contributed by atoms with Crippen LogP contribution in [-0.2, 0) is 13.1 Å². The van der Waals surface area contributed by atoms with Gasteiger partial charge >= 0.3 is 5.97 Å². The zero-order chi connectivity index (χ0) is 13.0. The molecule has 2 N–H and O–H groups in total. The lowest BCUT2D eigenvalue weighted by atomic mass is 10.1. The Morgan fingerprint density at radius 2 is 2.11 bits per heavy atom. The third-order valence-corrected chi connectivity index (χ3v) is 2.48. The molecule has 0 saturated carbocycles. The fourth-order valence-corrected chi connectivity index (χ4v) is 1.49. The van der Waals surface area contributed by atoms with Gasteiger partial charge in [-0.1, -0.05) is 17.2 Å². The molecule has 0 fully saturated rings. The van der Waals surface area contributed by atoms with Crippen LogP contribution in [0.1, 0.15) is 22.8 Å². The maximum atomic E-state index is 10.7. The van der Waals surface area contributed by atoms with Gasteiger partial charge in [0.2, 0.25) is 5.95 Å². The summed E-state index contributed by atoms with van der Waals surface area (Å²) in [6, 6.07) is 6.66. The van der Waals surface area contributed by atoms with Crippen molar-refractivity contribution in [1.82, 2.24) is 20.2 Å². The van der Waals surface area contributed by atoms with Gasteiger partial charge in [0.15, 0.2) is 0 Å². The Hall–Kier alpha value is -2.44. The zero-order valence-electron chi connectivity index (χ0n) is 9.87. The number of anilines is 1. The molecule has 0 aliphatic heterocycles. The molecule has 1 heterocycles. The van der Waals surface area contributed by atoms with Crippen LogP contribution < -0.4 is 5.32 Å². The number of aryl methyl sites for hydroxylation is 1. The third kappa shape index (κ3) is 2.62. The molecule has 1 aromatic carbocycles. The summed E-state index contributed by atoms with van der Waals surface area (Å²) in [7, 11) is 0. The van der Waals surface area contributed by atoms with Gasteiger partial charge in [0.1, 0.15) is 0 Å². The molecule has 2 aromatic rings. The third-order valence-electron chi connectivity index (χ3n) is 2.48. The first-order valence-corrected chi connectivity index (χ1v) is 5.53. The van der Waals surface area contributed by atoms with Crippen LogP contribution in [0.2, 0.25) is 0 Å². The number of carbonyl (C=O) groups is 1. The lowest BCUT2D eigenvalue weighted by molar-refractivity contribution is 0.0697. The minimum Gasteiger partial charge on any atom is -0.478 e. The molecule has 94 valence electrons. The summed E-state index contributed by atoms with van der Waals surface area (Å²) in [5.74, 6) is -0.329. The van der Waals surface area contributed by atoms with E-state index in [9.17, 15) is 4.79 Å². The maximum Gasteiger partial charge on any atom is 0.335 e. The number of rotatable bonds is 5. The van der Waals surface area contributed by atoms with E-state index in [1.807, 2.05) is 6.92 Å². The standard InChI is InChI=1S/C11H13N5O2/c1-2-16-11(13-14-15-16)12-7-8-3-5-9(6-4-8)10(17)18/h3-6H,2,7H2,1H3,(H,17,18)(H,12,13,15). The second-order valence-electron chi connectivity index (χ2n) is 3.67. The Morgan fingerprint density at radius 3 is 2.72 bits per heavy atom. The topological polar surface area (TPSA) is 92.9 Å². The molecule has 7 nitrogen and oxygen atoms in total. The Kier molecular flexibility index (Phi) is 3.52. The number of nitrogens with zero attached hydrogens (tertiary/aromatic N) is 4. The fraction of sp³-hybridized carbons (Fsp3) is 0.273. The van der Waals surface area contributed by atoms with Gasteiger partial charge in [-0.3, -0.25) is 0 Å². The first kappa shape index (κ1) is 12.0. The first-order valence-electron chi connectivity index (χ1n) is 5.53. The highest BCUT2D eigenvalue weighted by atomic mass is 16.4. The second-order valence-corrected chi connectivity index (χ2v) is 3.67. The smallest absolute Gasteiger partial charge is 0.335 e. The average Bonchev–Trinajstić information content (AvgIpc) is 2.84. The van der Waals surface area contributed by atoms with Crippen LogP contribution in [0.5, 0.6) is 0 Å². The van der Waals surface area contributed by atoms with Gasteiger partial charge in [0, 0.05) is 13.1 Å². The van der Waals surface area contributed by atoms with E-state index in [0.29, 0.717) is 19.0 Å². The Bertz CT molecular complexity index is 535. The summed E-state index contributed by atoms with van der Waals surface area (Å²) in [5, 5.41) is 23.1. The van der Waals surface area contributed by atoms with E-state index in [2.05, 4.69) is 20.8 Å². The summed E-state index contributed by atoms with van der Waals surface area (Å²) in [5.41, 5.74) is 1.24. The maximum absolute atomic E-state index is 10.7. The van der Waals surface area contributed by atoms with Crippen molar-refractivity contribution in [2.24, 2.45) is 0 Å². The summed E-state index contributed by atoms with van der Waals surface area (Å²) >= 11 is 0. The predicted octanol–water partition coefficient (Wildman–Crippen LogP) is 1.00. The van der Waals surface area contributed by atoms with Crippen LogP contribution in [0, 0.1) is 0 Å².